The van der Waals surface area contributed by atoms with E-state index in [1.165, 1.54) is 6.39 Å². The molecular weight excluding hydrogens is 456 g/mol. The Bertz CT molecular complexity index is 1100. The van der Waals surface area contributed by atoms with Crippen molar-refractivity contribution in [3.05, 3.63) is 36.7 Å². The number of unbranched alkanes of at least 4 members (excludes halogenated alkanes) is 2. The van der Waals surface area contributed by atoms with Crippen LogP contribution in [0, 0.1) is 0 Å². The highest BCUT2D eigenvalue weighted by atomic mass is 16.5. The molecule has 2 aromatic carbocycles. The lowest BCUT2D eigenvalue weighted by Crippen LogP contribution is -2.17. The van der Waals surface area contributed by atoms with Gasteiger partial charge in [0.15, 0.2) is 35.2 Å². The first-order valence-electron chi connectivity index (χ1n) is 11.0. The number of ether oxygens (including phenoxy) is 5. The zero-order valence-electron chi connectivity index (χ0n) is 20.3. The molecule has 1 aromatic heterocycles. The Morgan fingerprint density at radius 1 is 0.886 bits per heavy atom. The lowest BCUT2D eigenvalue weighted by Gasteiger charge is -2.14. The first kappa shape index (κ1) is 25.7. The van der Waals surface area contributed by atoms with Crippen molar-refractivity contribution >= 4 is 5.91 Å². The molecule has 0 aliphatic heterocycles. The summed E-state index contributed by atoms with van der Waals surface area (Å²) in [6, 6.07) is 9.11. The van der Waals surface area contributed by atoms with E-state index in [1.807, 2.05) is 12.1 Å². The molecule has 0 saturated heterocycles. The van der Waals surface area contributed by atoms with Gasteiger partial charge in [0.1, 0.15) is 5.69 Å². The van der Waals surface area contributed by atoms with Crippen molar-refractivity contribution in [1.29, 1.82) is 0 Å². The van der Waals surface area contributed by atoms with Crippen molar-refractivity contribution in [2.75, 3.05) is 35.0 Å². The minimum atomic E-state index is -0.393. The fourth-order valence-corrected chi connectivity index (χ4v) is 3.61. The zero-order valence-corrected chi connectivity index (χ0v) is 20.3. The van der Waals surface area contributed by atoms with Crippen LogP contribution < -0.4 is 29.2 Å². The highest BCUT2D eigenvalue weighted by molar-refractivity contribution is 5.80. The van der Waals surface area contributed by atoms with Crippen LogP contribution in [-0.2, 0) is 4.79 Å². The molecule has 3 aromatic rings. The van der Waals surface area contributed by atoms with Gasteiger partial charge in [-0.1, -0.05) is 0 Å². The molecule has 3 rings (SSSR count). The van der Waals surface area contributed by atoms with E-state index < -0.39 is 5.91 Å². The molecule has 10 heteroatoms. The van der Waals surface area contributed by atoms with Crippen LogP contribution >= 0.6 is 0 Å². The Kier molecular flexibility index (Phi) is 9.19. The number of aromatic nitrogens is 1. The van der Waals surface area contributed by atoms with Crippen molar-refractivity contribution in [3.8, 4) is 51.3 Å². The highest BCUT2D eigenvalue weighted by Crippen LogP contribution is 2.43. The lowest BCUT2D eigenvalue weighted by molar-refractivity contribution is -0.129. The summed E-state index contributed by atoms with van der Waals surface area (Å²) in [6.45, 7) is 0.441. The molecule has 188 valence electrons. The van der Waals surface area contributed by atoms with E-state index in [4.69, 9.17) is 33.3 Å². The average Bonchev–Trinajstić information content (AvgIpc) is 3.39. The molecule has 0 aliphatic rings. The SMILES string of the molecule is COc1ccc(-c2ocnc2-c2cc(OC)c(OC)c(OC)c2)cc1OCCCCCC(=O)NO. The molecular formula is C25H30N2O8. The van der Waals surface area contributed by atoms with Crippen molar-refractivity contribution in [2.24, 2.45) is 0 Å². The number of carbonyl (C=O) groups is 1. The van der Waals surface area contributed by atoms with Gasteiger partial charge in [0.05, 0.1) is 35.0 Å². The van der Waals surface area contributed by atoms with Gasteiger partial charge in [0, 0.05) is 17.5 Å². The smallest absolute Gasteiger partial charge is 0.243 e. The van der Waals surface area contributed by atoms with Gasteiger partial charge >= 0.3 is 0 Å². The van der Waals surface area contributed by atoms with Gasteiger partial charge in [-0.15, -0.1) is 0 Å². The van der Waals surface area contributed by atoms with Gasteiger partial charge in [-0.25, -0.2) is 10.5 Å². The number of methoxy groups -OCH3 is 4. The number of hydrogen-bond acceptors (Lipinski definition) is 9. The minimum Gasteiger partial charge on any atom is -0.493 e. The molecule has 0 bridgehead atoms. The van der Waals surface area contributed by atoms with Crippen LogP contribution in [0.3, 0.4) is 0 Å². The molecule has 0 unspecified atom stereocenters. The lowest BCUT2D eigenvalue weighted by atomic mass is 10.0. The third-order valence-corrected chi connectivity index (χ3v) is 5.36. The van der Waals surface area contributed by atoms with Crippen molar-refractivity contribution in [3.63, 3.8) is 0 Å². The summed E-state index contributed by atoms with van der Waals surface area (Å²) < 4.78 is 33.5. The predicted molar refractivity (Wildman–Crippen MR) is 127 cm³/mol. The normalized spacial score (nSPS) is 10.5. The standard InChI is InChI=1S/C25H30N2O8/c1-30-18-10-9-16(12-19(18)34-11-7-5-6-8-22(28)27-29)24-23(26-15-35-24)17-13-20(31-2)25(33-4)21(14-17)32-3/h9-10,12-15,29H,5-8,11H2,1-4H3,(H,27,28). The number of nitrogens with one attached hydrogen (secondary N) is 1. The number of oxazole rings is 1. The third kappa shape index (κ3) is 6.15. The summed E-state index contributed by atoms with van der Waals surface area (Å²) in [4.78, 5) is 15.5. The molecule has 10 nitrogen and oxygen atoms in total. The molecule has 0 saturated carbocycles. The van der Waals surface area contributed by atoms with Gasteiger partial charge < -0.3 is 28.1 Å². The van der Waals surface area contributed by atoms with Crippen LogP contribution in [0.5, 0.6) is 28.7 Å². The zero-order chi connectivity index (χ0) is 25.2. The summed E-state index contributed by atoms with van der Waals surface area (Å²) in [7, 11) is 6.23. The molecule has 1 heterocycles. The van der Waals surface area contributed by atoms with E-state index >= 15 is 0 Å². The van der Waals surface area contributed by atoms with Crippen LogP contribution in [0.2, 0.25) is 0 Å². The van der Waals surface area contributed by atoms with Crippen LogP contribution in [-0.4, -0.2) is 51.1 Å². The second-order valence-corrected chi connectivity index (χ2v) is 7.50. The first-order chi connectivity index (χ1) is 17.1. The summed E-state index contributed by atoms with van der Waals surface area (Å²) >= 11 is 0. The maximum Gasteiger partial charge on any atom is 0.243 e. The van der Waals surface area contributed by atoms with Crippen LogP contribution in [0.1, 0.15) is 25.7 Å². The summed E-state index contributed by atoms with van der Waals surface area (Å²) in [5, 5.41) is 8.55. The summed E-state index contributed by atoms with van der Waals surface area (Å²) in [5.41, 5.74) is 3.71. The number of hydrogen-bond donors (Lipinski definition) is 2. The van der Waals surface area contributed by atoms with E-state index in [9.17, 15) is 4.79 Å². The Hall–Kier alpha value is -3.92. The summed E-state index contributed by atoms with van der Waals surface area (Å²) in [6.07, 6.45) is 3.82. The predicted octanol–water partition coefficient (Wildman–Crippen LogP) is 4.49. The average molecular weight is 487 g/mol. The van der Waals surface area contributed by atoms with Crippen LogP contribution in [0.25, 0.3) is 22.6 Å². The van der Waals surface area contributed by atoms with Gasteiger partial charge in [-0.2, -0.15) is 0 Å². The van der Waals surface area contributed by atoms with E-state index in [0.29, 0.717) is 53.2 Å². The van der Waals surface area contributed by atoms with Gasteiger partial charge in [-0.05, 0) is 49.6 Å². The third-order valence-electron chi connectivity index (χ3n) is 5.36. The Morgan fingerprint density at radius 3 is 2.20 bits per heavy atom. The fraction of sp³-hybridized carbons (Fsp3) is 0.360. The molecule has 1 amide bonds. The molecule has 2 N–H and O–H groups in total. The Morgan fingerprint density at radius 2 is 1.57 bits per heavy atom. The molecule has 0 fully saturated rings. The molecule has 0 spiro atoms. The molecule has 0 aliphatic carbocycles. The number of nitrogens with zero attached hydrogens (tertiary/aromatic N) is 1. The summed E-state index contributed by atoms with van der Waals surface area (Å²) in [5.74, 6) is 2.79. The highest BCUT2D eigenvalue weighted by Gasteiger charge is 2.20. The van der Waals surface area contributed by atoms with Crippen LogP contribution in [0.15, 0.2) is 41.1 Å². The topological polar surface area (TPSA) is 122 Å². The minimum absolute atomic E-state index is 0.268. The van der Waals surface area contributed by atoms with Crippen molar-refractivity contribution < 1.29 is 38.1 Å². The number of amides is 1. The number of rotatable bonds is 13. The first-order valence-corrected chi connectivity index (χ1v) is 11.0. The van der Waals surface area contributed by atoms with E-state index in [-0.39, 0.29) is 6.42 Å². The van der Waals surface area contributed by atoms with Crippen LogP contribution in [0.4, 0.5) is 0 Å². The van der Waals surface area contributed by atoms with Gasteiger partial charge in [0.2, 0.25) is 11.7 Å². The fourth-order valence-electron chi connectivity index (χ4n) is 3.61. The quantitative estimate of drug-likeness (QED) is 0.204. The molecule has 35 heavy (non-hydrogen) atoms. The number of carbonyl (C=O) groups excluding carboxylic acids is 1. The maximum atomic E-state index is 11.1. The monoisotopic (exact) mass is 486 g/mol. The maximum absolute atomic E-state index is 11.1. The second kappa shape index (κ2) is 12.5. The van der Waals surface area contributed by atoms with Gasteiger partial charge in [-0.3, -0.25) is 10.0 Å². The molecule has 0 radical (unpaired) electrons. The van der Waals surface area contributed by atoms with E-state index in [1.54, 1.807) is 52.1 Å². The Labute approximate surface area is 203 Å². The second-order valence-electron chi connectivity index (χ2n) is 7.50. The van der Waals surface area contributed by atoms with E-state index in [0.717, 1.165) is 24.0 Å². The number of hydroxylamine groups is 1. The van der Waals surface area contributed by atoms with Crippen molar-refractivity contribution in [2.45, 2.75) is 25.7 Å². The van der Waals surface area contributed by atoms with Gasteiger partial charge in [0.25, 0.3) is 0 Å². The number of benzene rings is 2. The van der Waals surface area contributed by atoms with E-state index in [2.05, 4.69) is 4.98 Å². The molecule has 0 atom stereocenters. The Balaban J connectivity index is 1.82. The van der Waals surface area contributed by atoms with Crippen molar-refractivity contribution in [1.82, 2.24) is 10.5 Å². The largest absolute Gasteiger partial charge is 0.493 e.